The molecule has 0 bridgehead atoms. The number of pyridine rings is 1. The maximum Gasteiger partial charge on any atom is 0.240 e. The Morgan fingerprint density at radius 2 is 1.65 bits per heavy atom. The minimum atomic E-state index is -3.99. The van der Waals surface area contributed by atoms with E-state index in [9.17, 15) is 22.0 Å². The molecule has 0 spiro atoms. The summed E-state index contributed by atoms with van der Waals surface area (Å²) in [5.41, 5.74) is 1.17. The van der Waals surface area contributed by atoms with Gasteiger partial charge in [0.15, 0.2) is 0 Å². The number of carbonyl (C=O) groups excluding carboxylic acids is 1. The van der Waals surface area contributed by atoms with Gasteiger partial charge >= 0.3 is 0 Å². The van der Waals surface area contributed by atoms with Crippen LogP contribution in [-0.4, -0.2) is 19.3 Å². The Kier molecular flexibility index (Phi) is 5.79. The fourth-order valence-electron chi connectivity index (χ4n) is 3.37. The zero-order valence-electron chi connectivity index (χ0n) is 16.3. The second-order valence-electron chi connectivity index (χ2n) is 7.27. The number of nitrogens with one attached hydrogen (secondary N) is 2. The first-order chi connectivity index (χ1) is 14.8. The van der Waals surface area contributed by atoms with Crippen molar-refractivity contribution >= 4 is 21.6 Å². The van der Waals surface area contributed by atoms with Gasteiger partial charge in [0, 0.05) is 36.1 Å². The highest BCUT2D eigenvalue weighted by Gasteiger charge is 2.43. The maximum absolute atomic E-state index is 13.7. The molecule has 2 atom stereocenters. The van der Waals surface area contributed by atoms with E-state index in [-0.39, 0.29) is 28.2 Å². The Balaban J connectivity index is 1.37. The largest absolute Gasteiger partial charge is 0.326 e. The zero-order chi connectivity index (χ0) is 22.0. The summed E-state index contributed by atoms with van der Waals surface area (Å²) in [5, 5.41) is 2.79. The summed E-state index contributed by atoms with van der Waals surface area (Å²) in [6.45, 7) is -0.516. The number of hydrogen-bond acceptors (Lipinski definition) is 4. The number of halogens is 2. The Morgan fingerprint density at radius 3 is 2.29 bits per heavy atom. The van der Waals surface area contributed by atoms with Crippen LogP contribution in [-0.2, 0) is 21.4 Å². The van der Waals surface area contributed by atoms with Crippen molar-refractivity contribution < 1.29 is 22.0 Å². The quantitative estimate of drug-likeness (QED) is 0.584. The molecule has 6 nitrogen and oxygen atoms in total. The number of amides is 1. The zero-order valence-corrected chi connectivity index (χ0v) is 17.1. The Bertz CT molecular complexity index is 1180. The van der Waals surface area contributed by atoms with Crippen molar-refractivity contribution in [2.24, 2.45) is 5.92 Å². The normalized spacial score (nSPS) is 17.9. The third-order valence-electron chi connectivity index (χ3n) is 5.19. The number of benzene rings is 2. The topological polar surface area (TPSA) is 88.2 Å². The van der Waals surface area contributed by atoms with Crippen LogP contribution in [0.4, 0.5) is 14.5 Å². The summed E-state index contributed by atoms with van der Waals surface area (Å²) in [7, 11) is -3.99. The lowest BCUT2D eigenvalue weighted by molar-refractivity contribution is -0.117. The number of rotatable bonds is 7. The lowest BCUT2D eigenvalue weighted by atomic mass is 10.1. The molecule has 9 heteroatoms. The van der Waals surface area contributed by atoms with Gasteiger partial charge in [-0.3, -0.25) is 9.78 Å². The molecule has 2 aromatic carbocycles. The summed E-state index contributed by atoms with van der Waals surface area (Å²) in [6.07, 6.45) is 4.13. The predicted octanol–water partition coefficient (Wildman–Crippen LogP) is 3.58. The molecule has 3 aromatic rings. The van der Waals surface area contributed by atoms with E-state index < -0.39 is 28.2 Å². The minimum absolute atomic E-state index is 0.0802. The molecule has 1 amide bonds. The summed E-state index contributed by atoms with van der Waals surface area (Å²) in [4.78, 5) is 16.3. The van der Waals surface area contributed by atoms with Crippen molar-refractivity contribution in [2.75, 3.05) is 5.32 Å². The smallest absolute Gasteiger partial charge is 0.240 e. The van der Waals surface area contributed by atoms with Crippen molar-refractivity contribution in [2.45, 2.75) is 23.8 Å². The molecule has 1 fully saturated rings. The number of carbonyl (C=O) groups is 1. The fourth-order valence-corrected chi connectivity index (χ4v) is 4.36. The van der Waals surface area contributed by atoms with Gasteiger partial charge in [-0.1, -0.05) is 6.07 Å². The number of anilines is 1. The summed E-state index contributed by atoms with van der Waals surface area (Å²) in [6, 6.07) is 12.7. The van der Waals surface area contributed by atoms with Crippen LogP contribution in [0.15, 0.2) is 71.9 Å². The second kappa shape index (κ2) is 8.52. The molecule has 2 unspecified atom stereocenters. The number of sulfonamides is 1. The molecule has 160 valence electrons. The van der Waals surface area contributed by atoms with Crippen molar-refractivity contribution in [1.29, 1.82) is 0 Å². The molecule has 1 saturated carbocycles. The third kappa shape index (κ3) is 4.78. The summed E-state index contributed by atoms with van der Waals surface area (Å²) in [5.74, 6) is -1.77. The summed E-state index contributed by atoms with van der Waals surface area (Å²) < 4.78 is 54.4. The van der Waals surface area contributed by atoms with Crippen LogP contribution in [0.25, 0.3) is 0 Å². The van der Waals surface area contributed by atoms with Crippen LogP contribution in [0.2, 0.25) is 0 Å². The number of nitrogens with zero attached hydrogens (tertiary/aromatic N) is 1. The van der Waals surface area contributed by atoms with Gasteiger partial charge in [-0.2, -0.15) is 0 Å². The maximum atomic E-state index is 13.7. The Hall–Kier alpha value is -3.17. The van der Waals surface area contributed by atoms with Crippen molar-refractivity contribution in [3.05, 3.63) is 89.8 Å². The predicted molar refractivity (Wildman–Crippen MR) is 111 cm³/mol. The molecule has 1 aromatic heterocycles. The van der Waals surface area contributed by atoms with Crippen LogP contribution in [0.1, 0.15) is 23.5 Å². The highest BCUT2D eigenvalue weighted by atomic mass is 32.2. The lowest BCUT2D eigenvalue weighted by Gasteiger charge is -2.10. The van der Waals surface area contributed by atoms with Gasteiger partial charge in [0.2, 0.25) is 15.9 Å². The van der Waals surface area contributed by atoms with Crippen LogP contribution >= 0.6 is 0 Å². The molecular formula is C22H19F2N3O3S. The van der Waals surface area contributed by atoms with E-state index in [1.807, 2.05) is 12.1 Å². The second-order valence-corrected chi connectivity index (χ2v) is 9.03. The van der Waals surface area contributed by atoms with Crippen molar-refractivity contribution in [3.63, 3.8) is 0 Å². The van der Waals surface area contributed by atoms with Crippen LogP contribution in [0.5, 0.6) is 0 Å². The molecule has 2 N–H and O–H groups in total. The monoisotopic (exact) mass is 443 g/mol. The van der Waals surface area contributed by atoms with E-state index in [2.05, 4.69) is 15.0 Å². The van der Waals surface area contributed by atoms with Crippen molar-refractivity contribution in [1.82, 2.24) is 9.71 Å². The Labute approximate surface area is 178 Å². The third-order valence-corrected chi connectivity index (χ3v) is 6.61. The van der Waals surface area contributed by atoms with Gasteiger partial charge < -0.3 is 5.32 Å². The van der Waals surface area contributed by atoms with Gasteiger partial charge in [-0.05, 0) is 66.4 Å². The van der Waals surface area contributed by atoms with Gasteiger partial charge in [-0.25, -0.2) is 21.9 Å². The number of hydrogen-bond donors (Lipinski definition) is 2. The Morgan fingerprint density at radius 1 is 1.00 bits per heavy atom. The highest BCUT2D eigenvalue weighted by Crippen LogP contribution is 2.47. The van der Waals surface area contributed by atoms with Crippen LogP contribution in [0, 0.1) is 17.6 Å². The minimum Gasteiger partial charge on any atom is -0.326 e. The molecule has 0 aliphatic heterocycles. The van der Waals surface area contributed by atoms with Crippen molar-refractivity contribution in [3.8, 4) is 0 Å². The van der Waals surface area contributed by atoms with Gasteiger partial charge in [-0.15, -0.1) is 0 Å². The molecular weight excluding hydrogens is 424 g/mol. The standard InChI is InChI=1S/C22H19F2N3O3S/c23-20-2-1-3-21(24)19(20)13-26-31(29,30)16-6-4-15(5-7-16)27-22(28)18-12-17(18)14-8-10-25-11-9-14/h1-11,17-18,26H,12-13H2,(H,27,28). The molecule has 1 heterocycles. The number of aromatic nitrogens is 1. The van der Waals surface area contributed by atoms with Gasteiger partial charge in [0.05, 0.1) is 4.90 Å². The van der Waals surface area contributed by atoms with E-state index >= 15 is 0 Å². The first kappa shape index (κ1) is 21.1. The molecule has 31 heavy (non-hydrogen) atoms. The molecule has 1 aliphatic carbocycles. The summed E-state index contributed by atoms with van der Waals surface area (Å²) >= 11 is 0. The van der Waals surface area contributed by atoms with E-state index in [0.717, 1.165) is 24.1 Å². The SMILES string of the molecule is O=C(Nc1ccc(S(=O)(=O)NCc2c(F)cccc2F)cc1)C1CC1c1ccncc1. The van der Waals surface area contributed by atoms with Crippen LogP contribution < -0.4 is 10.0 Å². The lowest BCUT2D eigenvalue weighted by Crippen LogP contribution is -2.24. The molecule has 1 aliphatic rings. The first-order valence-electron chi connectivity index (χ1n) is 9.58. The molecule has 0 saturated heterocycles. The van der Waals surface area contributed by atoms with Crippen LogP contribution in [0.3, 0.4) is 0 Å². The molecule has 4 rings (SSSR count). The van der Waals surface area contributed by atoms with E-state index in [1.54, 1.807) is 12.4 Å². The fraction of sp³-hybridized carbons (Fsp3) is 0.182. The van der Waals surface area contributed by atoms with E-state index in [1.165, 1.54) is 30.3 Å². The molecule has 0 radical (unpaired) electrons. The van der Waals surface area contributed by atoms with Gasteiger partial charge in [0.25, 0.3) is 0 Å². The highest BCUT2D eigenvalue weighted by molar-refractivity contribution is 7.89. The van der Waals surface area contributed by atoms with Gasteiger partial charge in [0.1, 0.15) is 11.6 Å². The van der Waals surface area contributed by atoms with E-state index in [4.69, 9.17) is 0 Å². The van der Waals surface area contributed by atoms with E-state index in [0.29, 0.717) is 5.69 Å². The average Bonchev–Trinajstić information content (AvgIpc) is 3.56. The first-order valence-corrected chi connectivity index (χ1v) is 11.1. The average molecular weight is 443 g/mol.